The van der Waals surface area contributed by atoms with E-state index >= 15 is 0 Å². The molecule has 0 spiro atoms. The predicted octanol–water partition coefficient (Wildman–Crippen LogP) is 4.61. The van der Waals surface area contributed by atoms with Crippen LogP contribution in [0.25, 0.3) is 6.08 Å². The van der Waals surface area contributed by atoms with Crippen LogP contribution >= 0.6 is 27.5 Å². The Morgan fingerprint density at radius 1 is 1.15 bits per heavy atom. The molecular formula is C16H12BrClO2. The number of hydrogen-bond donors (Lipinski definition) is 1. The van der Waals surface area contributed by atoms with Crippen LogP contribution in [0.15, 0.2) is 53.0 Å². The fraction of sp³-hybridized carbons (Fsp3) is 0.125. The van der Waals surface area contributed by atoms with E-state index in [0.717, 1.165) is 15.6 Å². The highest BCUT2D eigenvalue weighted by Crippen LogP contribution is 2.34. The van der Waals surface area contributed by atoms with Gasteiger partial charge in [0.25, 0.3) is 0 Å². The van der Waals surface area contributed by atoms with Gasteiger partial charge in [-0.3, -0.25) is 0 Å². The van der Waals surface area contributed by atoms with Crippen LogP contribution < -0.4 is 4.74 Å². The van der Waals surface area contributed by atoms with Crippen LogP contribution in [0.5, 0.6) is 5.75 Å². The molecule has 3 rings (SSSR count). The number of aliphatic hydroxyl groups excluding tert-OH is 1. The highest BCUT2D eigenvalue weighted by molar-refractivity contribution is 9.10. The topological polar surface area (TPSA) is 29.5 Å². The maximum Gasteiger partial charge on any atom is 0.147 e. The van der Waals surface area contributed by atoms with Crippen molar-refractivity contribution in [2.75, 3.05) is 0 Å². The van der Waals surface area contributed by atoms with Gasteiger partial charge in [-0.15, -0.1) is 0 Å². The third kappa shape index (κ3) is 2.62. The zero-order chi connectivity index (χ0) is 14.1. The molecule has 0 bridgehead atoms. The quantitative estimate of drug-likeness (QED) is 0.856. The Balaban J connectivity index is 1.86. The van der Waals surface area contributed by atoms with Crippen LogP contribution in [-0.4, -0.2) is 11.2 Å². The van der Waals surface area contributed by atoms with E-state index in [2.05, 4.69) is 15.9 Å². The first kappa shape index (κ1) is 13.7. The minimum Gasteiger partial charge on any atom is -0.482 e. The second kappa shape index (κ2) is 5.60. The van der Waals surface area contributed by atoms with Gasteiger partial charge in [0.1, 0.15) is 18.0 Å². The van der Waals surface area contributed by atoms with Crippen molar-refractivity contribution in [1.29, 1.82) is 0 Å². The molecular weight excluding hydrogens is 340 g/mol. The second-order valence-corrected chi connectivity index (χ2v) is 5.91. The highest BCUT2D eigenvalue weighted by atomic mass is 79.9. The van der Waals surface area contributed by atoms with Gasteiger partial charge in [0, 0.05) is 4.47 Å². The average molecular weight is 352 g/mol. The summed E-state index contributed by atoms with van der Waals surface area (Å²) in [5, 5.41) is 10.9. The normalized spacial score (nSPS) is 20.6. The zero-order valence-corrected chi connectivity index (χ0v) is 12.8. The van der Waals surface area contributed by atoms with Crippen molar-refractivity contribution in [3.8, 4) is 5.75 Å². The van der Waals surface area contributed by atoms with E-state index in [9.17, 15) is 5.11 Å². The zero-order valence-electron chi connectivity index (χ0n) is 10.5. The molecule has 0 aromatic heterocycles. The van der Waals surface area contributed by atoms with Gasteiger partial charge in [0.15, 0.2) is 0 Å². The monoisotopic (exact) mass is 350 g/mol. The van der Waals surface area contributed by atoms with Crippen LogP contribution in [-0.2, 0) is 0 Å². The molecule has 2 aromatic carbocycles. The third-order valence-electron chi connectivity index (χ3n) is 3.25. The number of fused-ring (bicyclic) bond motifs is 1. The van der Waals surface area contributed by atoms with Crippen molar-refractivity contribution in [2.24, 2.45) is 0 Å². The fourth-order valence-electron chi connectivity index (χ4n) is 2.23. The van der Waals surface area contributed by atoms with Crippen molar-refractivity contribution in [1.82, 2.24) is 0 Å². The molecule has 1 N–H and O–H groups in total. The molecule has 0 fully saturated rings. The molecule has 2 atom stereocenters. The van der Waals surface area contributed by atoms with Crippen molar-refractivity contribution < 1.29 is 9.84 Å². The van der Waals surface area contributed by atoms with E-state index in [1.165, 1.54) is 0 Å². The minimum atomic E-state index is -0.698. The lowest BCUT2D eigenvalue weighted by Crippen LogP contribution is -2.26. The first-order chi connectivity index (χ1) is 9.65. The van der Waals surface area contributed by atoms with Gasteiger partial charge < -0.3 is 9.84 Å². The van der Waals surface area contributed by atoms with Gasteiger partial charge >= 0.3 is 0 Å². The molecule has 1 aliphatic carbocycles. The summed E-state index contributed by atoms with van der Waals surface area (Å²) >= 11 is 9.49. The standard InChI is InChI=1S/C16H12BrClO2/c17-11-6-8-14(13(18)9-11)20-15-7-5-10-3-1-2-4-12(10)16(15)19/h1-9,15-16,19H/t15-,16-/m0/s1. The van der Waals surface area contributed by atoms with E-state index in [0.29, 0.717) is 10.8 Å². The molecule has 0 radical (unpaired) electrons. The number of benzene rings is 2. The summed E-state index contributed by atoms with van der Waals surface area (Å²) in [7, 11) is 0. The van der Waals surface area contributed by atoms with E-state index < -0.39 is 12.2 Å². The Bertz CT molecular complexity index is 669. The highest BCUT2D eigenvalue weighted by Gasteiger charge is 2.26. The molecule has 0 aliphatic heterocycles. The minimum absolute atomic E-state index is 0.441. The first-order valence-corrected chi connectivity index (χ1v) is 7.39. The van der Waals surface area contributed by atoms with Gasteiger partial charge in [-0.25, -0.2) is 0 Å². The van der Waals surface area contributed by atoms with Gasteiger partial charge in [0.05, 0.1) is 5.02 Å². The summed E-state index contributed by atoms with van der Waals surface area (Å²) in [5.74, 6) is 0.558. The number of halogens is 2. The van der Waals surface area contributed by atoms with E-state index in [1.54, 1.807) is 12.1 Å². The Labute approximate surface area is 130 Å². The molecule has 0 unspecified atom stereocenters. The van der Waals surface area contributed by atoms with Gasteiger partial charge in [-0.1, -0.05) is 57.9 Å². The molecule has 102 valence electrons. The van der Waals surface area contributed by atoms with Gasteiger partial charge in [-0.05, 0) is 35.4 Å². The molecule has 0 saturated carbocycles. The van der Waals surface area contributed by atoms with Crippen LogP contribution in [0.3, 0.4) is 0 Å². The van der Waals surface area contributed by atoms with Crippen LogP contribution in [0.4, 0.5) is 0 Å². The Hall–Kier alpha value is -1.29. The molecule has 2 nitrogen and oxygen atoms in total. The van der Waals surface area contributed by atoms with E-state index in [-0.39, 0.29) is 0 Å². The van der Waals surface area contributed by atoms with E-state index in [4.69, 9.17) is 16.3 Å². The molecule has 0 heterocycles. The molecule has 0 saturated heterocycles. The van der Waals surface area contributed by atoms with Gasteiger partial charge in [-0.2, -0.15) is 0 Å². The third-order valence-corrected chi connectivity index (χ3v) is 4.04. The molecule has 1 aliphatic rings. The van der Waals surface area contributed by atoms with E-state index in [1.807, 2.05) is 42.5 Å². The lowest BCUT2D eigenvalue weighted by molar-refractivity contribution is 0.0624. The predicted molar refractivity (Wildman–Crippen MR) is 84.0 cm³/mol. The summed E-state index contributed by atoms with van der Waals surface area (Å²) in [6.07, 6.45) is 2.67. The maximum absolute atomic E-state index is 10.4. The number of hydrogen-bond acceptors (Lipinski definition) is 2. The largest absolute Gasteiger partial charge is 0.482 e. The van der Waals surface area contributed by atoms with Crippen molar-refractivity contribution >= 4 is 33.6 Å². The lowest BCUT2D eigenvalue weighted by Gasteiger charge is -2.26. The fourth-order valence-corrected chi connectivity index (χ4v) is 2.95. The van der Waals surface area contributed by atoms with Crippen molar-refractivity contribution in [3.05, 3.63) is 69.2 Å². The summed E-state index contributed by atoms with van der Waals surface area (Å²) in [6, 6.07) is 13.1. The van der Waals surface area contributed by atoms with Crippen molar-refractivity contribution in [3.63, 3.8) is 0 Å². The summed E-state index contributed by atoms with van der Waals surface area (Å²) < 4.78 is 6.71. The van der Waals surface area contributed by atoms with Crippen LogP contribution in [0, 0.1) is 0 Å². The first-order valence-electron chi connectivity index (χ1n) is 6.22. The molecule has 2 aromatic rings. The Kier molecular flexibility index (Phi) is 3.83. The second-order valence-electron chi connectivity index (χ2n) is 4.59. The van der Waals surface area contributed by atoms with Crippen LogP contribution in [0.2, 0.25) is 5.02 Å². The summed E-state index contributed by atoms with van der Waals surface area (Å²) in [4.78, 5) is 0. The average Bonchev–Trinajstić information content (AvgIpc) is 2.45. The summed E-state index contributed by atoms with van der Waals surface area (Å²) in [5.41, 5.74) is 1.88. The summed E-state index contributed by atoms with van der Waals surface area (Å²) in [6.45, 7) is 0. The molecule has 20 heavy (non-hydrogen) atoms. The number of aliphatic hydroxyl groups is 1. The molecule has 0 amide bonds. The molecule has 4 heteroatoms. The van der Waals surface area contributed by atoms with Crippen LogP contribution in [0.1, 0.15) is 17.2 Å². The lowest BCUT2D eigenvalue weighted by atomic mass is 9.93. The van der Waals surface area contributed by atoms with Gasteiger partial charge in [0.2, 0.25) is 0 Å². The SMILES string of the molecule is O[C@H]1c2ccccc2C=C[C@@H]1Oc1ccc(Br)cc1Cl. The number of ether oxygens (including phenoxy) is 1. The number of rotatable bonds is 2. The maximum atomic E-state index is 10.4. The Morgan fingerprint density at radius 3 is 2.75 bits per heavy atom. The Morgan fingerprint density at radius 2 is 1.95 bits per heavy atom. The smallest absolute Gasteiger partial charge is 0.147 e. The van der Waals surface area contributed by atoms with Crippen molar-refractivity contribution in [2.45, 2.75) is 12.2 Å².